The first-order valence-corrected chi connectivity index (χ1v) is 9.10. The summed E-state index contributed by atoms with van der Waals surface area (Å²) < 4.78 is 28.9. The van der Waals surface area contributed by atoms with Gasteiger partial charge in [-0.05, 0) is 24.6 Å². The average molecular weight is 360 g/mol. The second kappa shape index (κ2) is 6.99. The smallest absolute Gasteiger partial charge is 0.289 e. The minimum absolute atomic E-state index is 0.168. The van der Waals surface area contributed by atoms with Gasteiger partial charge in [0, 0.05) is 19.2 Å². The number of nitrogens with one attached hydrogen (secondary N) is 1. The van der Waals surface area contributed by atoms with Crippen molar-refractivity contribution in [1.82, 2.24) is 14.3 Å². The molecule has 8 nitrogen and oxygen atoms in total. The van der Waals surface area contributed by atoms with E-state index in [0.717, 1.165) is 11.0 Å². The molecule has 0 fully saturated rings. The number of hydrogen-bond acceptors (Lipinski definition) is 5. The number of rotatable bonds is 7. The van der Waals surface area contributed by atoms with Gasteiger partial charge in [-0.1, -0.05) is 24.3 Å². The normalized spacial score (nSPS) is 11.7. The van der Waals surface area contributed by atoms with Crippen LogP contribution in [0.25, 0.3) is 11.0 Å². The van der Waals surface area contributed by atoms with Crippen LogP contribution in [0.2, 0.25) is 0 Å². The van der Waals surface area contributed by atoms with Crippen LogP contribution < -0.4 is 4.72 Å². The van der Waals surface area contributed by atoms with Gasteiger partial charge in [-0.2, -0.15) is 0 Å². The Kier molecular flexibility index (Phi) is 4.77. The molecule has 0 bridgehead atoms. The highest BCUT2D eigenvalue weighted by Gasteiger charge is 2.24. The topological polar surface area (TPSA) is 107 Å². The van der Waals surface area contributed by atoms with Gasteiger partial charge in [0.05, 0.1) is 22.3 Å². The monoisotopic (exact) mass is 360 g/mol. The molecule has 0 spiro atoms. The Morgan fingerprint density at radius 2 is 1.84 bits per heavy atom. The highest BCUT2D eigenvalue weighted by molar-refractivity contribution is 7.89. The van der Waals surface area contributed by atoms with Crippen molar-refractivity contribution in [3.05, 3.63) is 65.0 Å². The van der Waals surface area contributed by atoms with E-state index in [4.69, 9.17) is 0 Å². The van der Waals surface area contributed by atoms with Crippen LogP contribution in [0.15, 0.2) is 59.8 Å². The van der Waals surface area contributed by atoms with E-state index in [2.05, 4.69) is 9.71 Å². The maximum Gasteiger partial charge on any atom is 0.289 e. The Hall–Kier alpha value is -2.78. The maximum atomic E-state index is 12.3. The molecule has 1 heterocycles. The average Bonchev–Trinajstić information content (AvgIpc) is 3.02. The Bertz CT molecular complexity index is 1010. The van der Waals surface area contributed by atoms with E-state index < -0.39 is 20.6 Å². The fourth-order valence-corrected chi connectivity index (χ4v) is 3.80. The maximum absolute atomic E-state index is 12.3. The predicted octanol–water partition coefficient (Wildman–Crippen LogP) is 2.31. The number of nitrogens with zero attached hydrogens (tertiary/aromatic N) is 3. The minimum Gasteiger partial charge on any atom is -0.331 e. The number of aromatic nitrogens is 2. The third kappa shape index (κ3) is 3.67. The quantitative estimate of drug-likeness (QED) is 0.395. The predicted molar refractivity (Wildman–Crippen MR) is 92.6 cm³/mol. The molecule has 0 aliphatic carbocycles. The third-order valence-corrected chi connectivity index (χ3v) is 5.26. The number of fused-ring (bicyclic) bond motifs is 1. The summed E-state index contributed by atoms with van der Waals surface area (Å²) in [5.74, 6) is 0. The molecule has 0 saturated carbocycles. The molecule has 3 rings (SSSR count). The Morgan fingerprint density at radius 3 is 2.64 bits per heavy atom. The number of para-hydroxylation sites is 3. The summed E-state index contributed by atoms with van der Waals surface area (Å²) in [6.45, 7) is 0.751. The molecule has 25 heavy (non-hydrogen) atoms. The second-order valence-electron chi connectivity index (χ2n) is 5.40. The van der Waals surface area contributed by atoms with E-state index in [0.29, 0.717) is 13.0 Å². The zero-order chi connectivity index (χ0) is 17.9. The van der Waals surface area contributed by atoms with Crippen LogP contribution in [0.5, 0.6) is 0 Å². The Morgan fingerprint density at radius 1 is 1.12 bits per heavy atom. The van der Waals surface area contributed by atoms with Crippen LogP contribution in [0.3, 0.4) is 0 Å². The summed E-state index contributed by atoms with van der Waals surface area (Å²) in [4.78, 5) is 14.2. The molecular weight excluding hydrogens is 344 g/mol. The molecule has 1 N–H and O–H groups in total. The molecule has 3 aromatic rings. The van der Waals surface area contributed by atoms with E-state index in [1.54, 1.807) is 6.33 Å². The lowest BCUT2D eigenvalue weighted by Gasteiger charge is -2.08. The van der Waals surface area contributed by atoms with Crippen molar-refractivity contribution in [1.29, 1.82) is 0 Å². The van der Waals surface area contributed by atoms with Gasteiger partial charge in [-0.25, -0.2) is 18.1 Å². The van der Waals surface area contributed by atoms with Crippen molar-refractivity contribution in [2.75, 3.05) is 6.54 Å². The fraction of sp³-hybridized carbons (Fsp3) is 0.188. The van der Waals surface area contributed by atoms with Crippen molar-refractivity contribution in [3.63, 3.8) is 0 Å². The number of nitro benzene ring substituents is 1. The molecule has 130 valence electrons. The third-order valence-electron chi connectivity index (χ3n) is 3.75. The molecule has 0 saturated heterocycles. The summed E-state index contributed by atoms with van der Waals surface area (Å²) >= 11 is 0. The van der Waals surface area contributed by atoms with Crippen molar-refractivity contribution in [2.45, 2.75) is 17.9 Å². The van der Waals surface area contributed by atoms with E-state index in [1.807, 2.05) is 28.8 Å². The zero-order valence-corrected chi connectivity index (χ0v) is 14.0. The van der Waals surface area contributed by atoms with E-state index in [9.17, 15) is 18.5 Å². The van der Waals surface area contributed by atoms with Crippen LogP contribution in [0.1, 0.15) is 6.42 Å². The molecule has 0 atom stereocenters. The van der Waals surface area contributed by atoms with Gasteiger partial charge >= 0.3 is 0 Å². The number of aryl methyl sites for hydroxylation is 1. The first-order chi connectivity index (χ1) is 12.0. The SMILES string of the molecule is O=[N+]([O-])c1ccccc1S(=O)(=O)NCCCn1cnc2ccccc21. The molecule has 1 aromatic heterocycles. The number of sulfonamides is 1. The van der Waals surface area contributed by atoms with Crippen LogP contribution in [0, 0.1) is 10.1 Å². The summed E-state index contributed by atoms with van der Waals surface area (Å²) in [6.07, 6.45) is 2.24. The Balaban J connectivity index is 1.65. The highest BCUT2D eigenvalue weighted by Crippen LogP contribution is 2.22. The molecule has 0 amide bonds. The molecule has 9 heteroatoms. The van der Waals surface area contributed by atoms with Gasteiger partial charge in [0.1, 0.15) is 0 Å². The second-order valence-corrected chi connectivity index (χ2v) is 7.14. The van der Waals surface area contributed by atoms with Crippen molar-refractivity contribution < 1.29 is 13.3 Å². The van der Waals surface area contributed by atoms with Gasteiger partial charge in [0.25, 0.3) is 5.69 Å². The first-order valence-electron chi connectivity index (χ1n) is 7.62. The Labute approximate surface area is 144 Å². The summed E-state index contributed by atoms with van der Waals surface area (Å²) in [5.41, 5.74) is 1.42. The summed E-state index contributed by atoms with van der Waals surface area (Å²) in [5, 5.41) is 11.0. The van der Waals surface area contributed by atoms with Gasteiger partial charge in [0.2, 0.25) is 10.0 Å². The van der Waals surface area contributed by atoms with Gasteiger partial charge < -0.3 is 4.57 Å². The summed E-state index contributed by atoms with van der Waals surface area (Å²) in [7, 11) is -3.94. The van der Waals surface area contributed by atoms with Crippen molar-refractivity contribution >= 4 is 26.7 Å². The van der Waals surface area contributed by atoms with E-state index in [-0.39, 0.29) is 11.4 Å². The van der Waals surface area contributed by atoms with Crippen molar-refractivity contribution in [3.8, 4) is 0 Å². The minimum atomic E-state index is -3.94. The van der Waals surface area contributed by atoms with Gasteiger partial charge in [-0.15, -0.1) is 0 Å². The number of benzene rings is 2. The molecular formula is C16H16N4O4S. The van der Waals surface area contributed by atoms with Crippen LogP contribution in [0.4, 0.5) is 5.69 Å². The zero-order valence-electron chi connectivity index (χ0n) is 13.2. The standard InChI is InChI=1S/C16H16N4O4S/c21-20(22)15-8-3-4-9-16(15)25(23,24)18-10-5-11-19-12-17-13-6-1-2-7-14(13)19/h1-4,6-9,12,18H,5,10-11H2. The first kappa shape index (κ1) is 17.1. The molecule has 2 aromatic carbocycles. The lowest BCUT2D eigenvalue weighted by molar-refractivity contribution is -0.387. The van der Waals surface area contributed by atoms with Crippen molar-refractivity contribution in [2.24, 2.45) is 0 Å². The van der Waals surface area contributed by atoms with Crippen LogP contribution in [-0.4, -0.2) is 29.4 Å². The molecule has 0 aliphatic rings. The number of hydrogen-bond donors (Lipinski definition) is 1. The van der Waals surface area contributed by atoms with Crippen LogP contribution >= 0.6 is 0 Å². The number of imidazole rings is 1. The van der Waals surface area contributed by atoms with E-state index in [1.165, 1.54) is 24.3 Å². The molecule has 0 aliphatic heterocycles. The van der Waals surface area contributed by atoms with Crippen LogP contribution in [-0.2, 0) is 16.6 Å². The fourth-order valence-electron chi connectivity index (χ4n) is 2.56. The molecule has 0 radical (unpaired) electrons. The molecule has 0 unspecified atom stereocenters. The van der Waals surface area contributed by atoms with Gasteiger partial charge in [0.15, 0.2) is 4.90 Å². The lowest BCUT2D eigenvalue weighted by atomic mass is 10.3. The number of nitro groups is 1. The largest absolute Gasteiger partial charge is 0.331 e. The lowest BCUT2D eigenvalue weighted by Crippen LogP contribution is -2.26. The summed E-state index contributed by atoms with van der Waals surface area (Å²) in [6, 6.07) is 13.0. The highest BCUT2D eigenvalue weighted by atomic mass is 32.2. The van der Waals surface area contributed by atoms with Gasteiger partial charge in [-0.3, -0.25) is 10.1 Å². The van der Waals surface area contributed by atoms with E-state index >= 15 is 0 Å².